The molecule has 4 aromatic rings. The SMILES string of the molecule is C[Si]C1[C@H](C)OCC12CCN(c1nc3cnn(-c4cn(C)c5cnccc45)c3nc1CO)CC2. The second kappa shape index (κ2) is 8.14. The molecule has 2 fully saturated rings. The van der Waals surface area contributed by atoms with Gasteiger partial charge in [-0.3, -0.25) is 4.98 Å². The monoisotopic (exact) mass is 475 g/mol. The Bertz CT molecular complexity index is 1360. The molecule has 6 heterocycles. The van der Waals surface area contributed by atoms with E-state index >= 15 is 0 Å². The molecule has 0 amide bonds. The zero-order chi connectivity index (χ0) is 23.4. The number of pyridine rings is 1. The third-order valence-electron chi connectivity index (χ3n) is 7.73. The van der Waals surface area contributed by atoms with E-state index in [0.29, 0.717) is 23.0 Å². The summed E-state index contributed by atoms with van der Waals surface area (Å²) in [7, 11) is 2.88. The van der Waals surface area contributed by atoms with Crippen LogP contribution >= 0.6 is 0 Å². The first-order valence-corrected chi connectivity index (χ1v) is 13.4. The van der Waals surface area contributed by atoms with Crippen LogP contribution in [-0.2, 0) is 18.4 Å². The fourth-order valence-corrected chi connectivity index (χ4v) is 7.48. The third-order valence-corrected chi connectivity index (χ3v) is 9.44. The van der Waals surface area contributed by atoms with Gasteiger partial charge >= 0.3 is 0 Å². The number of ether oxygens (including phenoxy) is 1. The molecule has 0 saturated carbocycles. The van der Waals surface area contributed by atoms with E-state index in [-0.39, 0.29) is 12.0 Å². The number of aliphatic hydroxyl groups is 1. The Morgan fingerprint density at radius 3 is 2.82 bits per heavy atom. The van der Waals surface area contributed by atoms with E-state index in [1.54, 1.807) is 12.4 Å². The molecule has 2 aliphatic heterocycles. The molecule has 34 heavy (non-hydrogen) atoms. The summed E-state index contributed by atoms with van der Waals surface area (Å²) in [5.74, 6) is 0.772. The lowest BCUT2D eigenvalue weighted by atomic mass is 9.76. The van der Waals surface area contributed by atoms with E-state index in [1.807, 2.05) is 34.8 Å². The van der Waals surface area contributed by atoms with Gasteiger partial charge in [0.05, 0.1) is 42.9 Å². The van der Waals surface area contributed by atoms with Crippen LogP contribution in [0.1, 0.15) is 25.5 Å². The minimum absolute atomic E-state index is 0.163. The van der Waals surface area contributed by atoms with E-state index in [2.05, 4.69) is 28.5 Å². The van der Waals surface area contributed by atoms with E-state index in [0.717, 1.165) is 70.0 Å². The molecule has 176 valence electrons. The Kier molecular flexibility index (Phi) is 5.19. The van der Waals surface area contributed by atoms with E-state index in [9.17, 15) is 5.11 Å². The summed E-state index contributed by atoms with van der Waals surface area (Å²) in [5.41, 5.74) is 4.81. The minimum atomic E-state index is -0.163. The zero-order valence-corrected chi connectivity index (χ0v) is 20.8. The molecular weight excluding hydrogens is 446 g/mol. The fourth-order valence-electron chi connectivity index (χ4n) is 5.93. The smallest absolute Gasteiger partial charge is 0.182 e. The second-order valence-corrected chi connectivity index (χ2v) is 10.8. The van der Waals surface area contributed by atoms with Gasteiger partial charge in [0.1, 0.15) is 11.2 Å². The van der Waals surface area contributed by atoms with Gasteiger partial charge in [-0.25, -0.2) is 14.6 Å². The maximum Gasteiger partial charge on any atom is 0.182 e. The number of hydrogen-bond acceptors (Lipinski definition) is 7. The highest BCUT2D eigenvalue weighted by Crippen LogP contribution is 2.50. The largest absolute Gasteiger partial charge is 0.390 e. The van der Waals surface area contributed by atoms with Gasteiger partial charge in [-0.1, -0.05) is 6.55 Å². The van der Waals surface area contributed by atoms with Gasteiger partial charge in [0.25, 0.3) is 0 Å². The first-order chi connectivity index (χ1) is 16.5. The van der Waals surface area contributed by atoms with Crippen molar-refractivity contribution in [3.8, 4) is 5.69 Å². The maximum atomic E-state index is 10.2. The number of aliphatic hydroxyl groups excluding tert-OH is 1. The van der Waals surface area contributed by atoms with Crippen LogP contribution < -0.4 is 4.90 Å². The van der Waals surface area contributed by atoms with Crippen molar-refractivity contribution in [2.75, 3.05) is 24.6 Å². The van der Waals surface area contributed by atoms with Crippen molar-refractivity contribution in [1.29, 1.82) is 0 Å². The number of nitrogens with zero attached hydrogens (tertiary/aromatic N) is 7. The van der Waals surface area contributed by atoms with Gasteiger partial charge in [-0.2, -0.15) is 5.10 Å². The lowest BCUT2D eigenvalue weighted by Crippen LogP contribution is -2.44. The molecule has 0 bridgehead atoms. The molecule has 4 aromatic heterocycles. The van der Waals surface area contributed by atoms with Crippen molar-refractivity contribution in [3.63, 3.8) is 0 Å². The number of hydrogen-bond donors (Lipinski definition) is 1. The van der Waals surface area contributed by atoms with Crippen molar-refractivity contribution >= 4 is 37.4 Å². The van der Waals surface area contributed by atoms with Crippen molar-refractivity contribution in [2.24, 2.45) is 12.5 Å². The molecule has 1 unspecified atom stereocenters. The number of aryl methyl sites for hydroxylation is 1. The molecular formula is C24H29N7O2Si. The van der Waals surface area contributed by atoms with Crippen molar-refractivity contribution in [2.45, 2.75) is 44.6 Å². The Labute approximate surface area is 200 Å². The van der Waals surface area contributed by atoms with Gasteiger partial charge in [-0.05, 0) is 36.8 Å². The predicted octanol–water partition coefficient (Wildman–Crippen LogP) is 2.74. The molecule has 2 aliphatic rings. The van der Waals surface area contributed by atoms with Gasteiger partial charge in [0.15, 0.2) is 11.5 Å². The van der Waals surface area contributed by atoms with Crippen LogP contribution in [0.25, 0.3) is 27.8 Å². The summed E-state index contributed by atoms with van der Waals surface area (Å²) in [5, 5.41) is 15.9. The summed E-state index contributed by atoms with van der Waals surface area (Å²) in [6.45, 7) is 7.01. The quantitative estimate of drug-likeness (QED) is 0.454. The highest BCUT2D eigenvalue weighted by molar-refractivity contribution is 6.36. The first kappa shape index (κ1) is 21.7. The van der Waals surface area contributed by atoms with Crippen LogP contribution in [-0.4, -0.2) is 69.7 Å². The Morgan fingerprint density at radius 2 is 2.06 bits per heavy atom. The van der Waals surface area contributed by atoms with Crippen molar-refractivity contribution in [3.05, 3.63) is 36.5 Å². The van der Waals surface area contributed by atoms with Gasteiger partial charge in [-0.15, -0.1) is 0 Å². The predicted molar refractivity (Wildman–Crippen MR) is 132 cm³/mol. The Hall–Kier alpha value is -2.82. The molecule has 1 spiro atoms. The van der Waals surface area contributed by atoms with E-state index < -0.39 is 0 Å². The van der Waals surface area contributed by atoms with Gasteiger partial charge in [0, 0.05) is 47.4 Å². The number of aromatic nitrogens is 6. The normalized spacial score (nSPS) is 22.4. The highest BCUT2D eigenvalue weighted by Gasteiger charge is 2.48. The molecule has 10 heteroatoms. The van der Waals surface area contributed by atoms with Gasteiger partial charge < -0.3 is 19.3 Å². The number of piperidine rings is 1. The topological polar surface area (TPSA) is 94.1 Å². The average molecular weight is 476 g/mol. The maximum absolute atomic E-state index is 10.2. The van der Waals surface area contributed by atoms with Crippen molar-refractivity contribution in [1.82, 2.24) is 29.3 Å². The number of rotatable bonds is 4. The summed E-state index contributed by atoms with van der Waals surface area (Å²) in [6, 6.07) is 1.98. The summed E-state index contributed by atoms with van der Waals surface area (Å²) >= 11 is 0. The molecule has 6 rings (SSSR count). The second-order valence-electron chi connectivity index (χ2n) is 9.57. The highest BCUT2D eigenvalue weighted by atomic mass is 28.2. The van der Waals surface area contributed by atoms with E-state index in [1.165, 1.54) is 0 Å². The molecule has 1 N–H and O–H groups in total. The van der Waals surface area contributed by atoms with Crippen LogP contribution in [0.5, 0.6) is 0 Å². The fraction of sp³-hybridized carbons (Fsp3) is 0.500. The molecule has 0 aromatic carbocycles. The Morgan fingerprint density at radius 1 is 1.24 bits per heavy atom. The first-order valence-electron chi connectivity index (χ1n) is 11.8. The van der Waals surface area contributed by atoms with Crippen LogP contribution in [0.3, 0.4) is 0 Å². The summed E-state index contributed by atoms with van der Waals surface area (Å²) < 4.78 is 9.91. The summed E-state index contributed by atoms with van der Waals surface area (Å²) in [6.07, 6.45) is 9.91. The standard InChI is InChI=1S/C24H29N7O2Si/c1-15-21(34-3)24(14-33-15)5-8-30(9-6-24)22-18(13-32)28-23-17(27-22)10-26-31(23)20-12-29(2)19-11-25-7-4-16(19)20/h4,7,10-12,15,21,32H,5-6,8-9,13-14H2,1-3H3/t15-,21?/m0/s1. The number of anilines is 1. The van der Waals surface area contributed by atoms with E-state index in [4.69, 9.17) is 14.7 Å². The zero-order valence-electron chi connectivity index (χ0n) is 19.8. The van der Waals surface area contributed by atoms with Crippen LogP contribution in [0, 0.1) is 5.41 Å². The molecule has 2 radical (unpaired) electrons. The average Bonchev–Trinajstić information content (AvgIpc) is 3.52. The summed E-state index contributed by atoms with van der Waals surface area (Å²) in [4.78, 5) is 16.3. The lowest BCUT2D eigenvalue weighted by molar-refractivity contribution is 0.0975. The van der Waals surface area contributed by atoms with Crippen LogP contribution in [0.2, 0.25) is 12.1 Å². The molecule has 0 aliphatic carbocycles. The number of fused-ring (bicyclic) bond motifs is 2. The molecule has 2 atom stereocenters. The lowest BCUT2D eigenvalue weighted by Gasteiger charge is -2.43. The third kappa shape index (κ3) is 3.19. The van der Waals surface area contributed by atoms with Crippen molar-refractivity contribution < 1.29 is 9.84 Å². The van der Waals surface area contributed by atoms with Gasteiger partial charge in [0.2, 0.25) is 0 Å². The molecule has 2 saturated heterocycles. The van der Waals surface area contributed by atoms with Crippen LogP contribution in [0.4, 0.5) is 5.82 Å². The molecule has 9 nitrogen and oxygen atoms in total. The van der Waals surface area contributed by atoms with Crippen LogP contribution in [0.15, 0.2) is 30.9 Å². The minimum Gasteiger partial charge on any atom is -0.390 e. The Balaban J connectivity index is 1.35.